The first-order valence-electron chi connectivity index (χ1n) is 16.3. The third-order valence-corrected chi connectivity index (χ3v) is 9.24. The van der Waals surface area contributed by atoms with E-state index in [0.717, 1.165) is 5.70 Å². The number of hydrogen-bond acceptors (Lipinski definition) is 1. The van der Waals surface area contributed by atoms with E-state index in [-0.39, 0.29) is 12.0 Å². The quantitative estimate of drug-likeness (QED) is 0.179. The number of benzene rings is 7. The fraction of sp³-hybridized carbons (Fsp3) is 0.0435. The molecule has 0 saturated heterocycles. The monoisotopic (exact) mass is 601 g/mol. The van der Waals surface area contributed by atoms with Gasteiger partial charge in [0, 0.05) is 11.6 Å². The summed E-state index contributed by atoms with van der Waals surface area (Å²) < 4.78 is 0. The Bertz CT molecular complexity index is 2140. The zero-order chi connectivity index (χ0) is 31.4. The Hall–Kier alpha value is -5.92. The maximum absolute atomic E-state index is 3.92. The van der Waals surface area contributed by atoms with Crippen LogP contribution in [0.25, 0.3) is 33.2 Å². The molecule has 7 aromatic carbocycles. The van der Waals surface area contributed by atoms with E-state index in [1.165, 1.54) is 60.9 Å². The predicted octanol–water partition coefficient (Wildman–Crippen LogP) is 11.5. The largest absolute Gasteiger partial charge is 0.374 e. The summed E-state index contributed by atoms with van der Waals surface area (Å²) >= 11 is 0. The van der Waals surface area contributed by atoms with Crippen molar-refractivity contribution in [3.63, 3.8) is 0 Å². The lowest BCUT2D eigenvalue weighted by atomic mass is 9.83. The van der Waals surface area contributed by atoms with Crippen molar-refractivity contribution in [1.82, 2.24) is 5.32 Å². The Labute approximate surface area is 277 Å². The fourth-order valence-corrected chi connectivity index (χ4v) is 6.98. The molecule has 0 fully saturated rings. The van der Waals surface area contributed by atoms with Crippen LogP contribution in [-0.4, -0.2) is 0 Å². The summed E-state index contributed by atoms with van der Waals surface area (Å²) in [5.41, 5.74) is 12.3. The minimum atomic E-state index is -0.0221. The smallest absolute Gasteiger partial charge is 0.0713 e. The van der Waals surface area contributed by atoms with Crippen LogP contribution in [0.3, 0.4) is 0 Å². The molecule has 47 heavy (non-hydrogen) atoms. The first-order valence-corrected chi connectivity index (χ1v) is 16.3. The Morgan fingerprint density at radius 2 is 0.957 bits per heavy atom. The molecule has 0 aromatic heterocycles. The van der Waals surface area contributed by atoms with E-state index in [0.29, 0.717) is 0 Å². The maximum Gasteiger partial charge on any atom is 0.0713 e. The van der Waals surface area contributed by atoms with Crippen molar-refractivity contribution >= 4 is 22.0 Å². The van der Waals surface area contributed by atoms with E-state index in [1.807, 2.05) is 0 Å². The second-order valence-electron chi connectivity index (χ2n) is 12.2. The molecule has 1 heterocycles. The van der Waals surface area contributed by atoms with Crippen LogP contribution in [0.1, 0.15) is 45.3 Å². The third-order valence-electron chi connectivity index (χ3n) is 9.24. The van der Waals surface area contributed by atoms with Crippen molar-refractivity contribution in [2.24, 2.45) is 0 Å². The molecule has 1 aliphatic rings. The Balaban J connectivity index is 1.26. The molecule has 0 saturated carbocycles. The first kappa shape index (κ1) is 28.5. The zero-order valence-corrected chi connectivity index (χ0v) is 26.1. The molecule has 1 N–H and O–H groups in total. The summed E-state index contributed by atoms with van der Waals surface area (Å²) in [5, 5.41) is 6.41. The van der Waals surface area contributed by atoms with Crippen LogP contribution in [0.15, 0.2) is 194 Å². The molecule has 0 spiro atoms. The number of fused-ring (bicyclic) bond motifs is 1. The van der Waals surface area contributed by atoms with Gasteiger partial charge in [0.05, 0.1) is 6.04 Å². The number of nitrogens with one attached hydrogen (secondary N) is 1. The topological polar surface area (TPSA) is 12.0 Å². The normalized spacial score (nSPS) is 14.4. The van der Waals surface area contributed by atoms with Crippen molar-refractivity contribution in [3.05, 3.63) is 228 Å². The van der Waals surface area contributed by atoms with Crippen molar-refractivity contribution in [1.29, 1.82) is 0 Å². The third kappa shape index (κ3) is 5.80. The molecule has 0 bridgehead atoms. The molecule has 0 aliphatic carbocycles. The first-order chi connectivity index (χ1) is 23.3. The van der Waals surface area contributed by atoms with Gasteiger partial charge in [-0.05, 0) is 73.0 Å². The fourth-order valence-electron chi connectivity index (χ4n) is 6.98. The summed E-state index contributed by atoms with van der Waals surface area (Å²) in [4.78, 5) is 0. The van der Waals surface area contributed by atoms with Crippen LogP contribution in [-0.2, 0) is 0 Å². The standard InChI is InChI=1S/C46H35N/c1-5-15-33(16-6-1)40-31-43(35-18-7-2-8-19-35)47-44(32-40)42-30-29-34-17-13-14-24-41(34)46(42)39-27-25-38(26-28-39)45(36-20-9-3-10-21-36)37-22-11-4-12-23-37/h1-32,44-45,47H. The van der Waals surface area contributed by atoms with Gasteiger partial charge in [-0.25, -0.2) is 0 Å². The van der Waals surface area contributed by atoms with Crippen LogP contribution >= 0.6 is 0 Å². The summed E-state index contributed by atoms with van der Waals surface area (Å²) in [7, 11) is 0. The second-order valence-corrected chi connectivity index (χ2v) is 12.2. The highest BCUT2D eigenvalue weighted by Gasteiger charge is 2.23. The highest BCUT2D eigenvalue weighted by molar-refractivity contribution is 5.99. The second kappa shape index (κ2) is 12.8. The van der Waals surface area contributed by atoms with Crippen molar-refractivity contribution in [2.45, 2.75) is 12.0 Å². The van der Waals surface area contributed by atoms with Gasteiger partial charge in [0.15, 0.2) is 0 Å². The van der Waals surface area contributed by atoms with E-state index >= 15 is 0 Å². The average molecular weight is 602 g/mol. The highest BCUT2D eigenvalue weighted by Crippen LogP contribution is 2.41. The van der Waals surface area contributed by atoms with E-state index in [1.54, 1.807) is 0 Å². The molecule has 1 unspecified atom stereocenters. The number of hydrogen-bond donors (Lipinski definition) is 1. The summed E-state index contributed by atoms with van der Waals surface area (Å²) in [5.74, 6) is 0.161. The zero-order valence-electron chi connectivity index (χ0n) is 26.1. The molecule has 7 aromatic rings. The minimum absolute atomic E-state index is 0.0221. The van der Waals surface area contributed by atoms with Gasteiger partial charge < -0.3 is 5.32 Å². The lowest BCUT2D eigenvalue weighted by Gasteiger charge is -2.28. The molecule has 1 heteroatoms. The summed E-state index contributed by atoms with van der Waals surface area (Å²) in [6.45, 7) is 0. The molecule has 0 amide bonds. The van der Waals surface area contributed by atoms with Crippen LogP contribution in [0, 0.1) is 0 Å². The molecular formula is C46H35N. The lowest BCUT2D eigenvalue weighted by molar-refractivity contribution is 0.769. The SMILES string of the molecule is C1=C(c2ccccc2)C=C(c2ccccc2)NC1c1ccc2ccccc2c1-c1ccc(C(c2ccccc2)c2ccccc2)cc1. The lowest BCUT2D eigenvalue weighted by Crippen LogP contribution is -2.22. The van der Waals surface area contributed by atoms with E-state index < -0.39 is 0 Å². The van der Waals surface area contributed by atoms with Crippen LogP contribution in [0.2, 0.25) is 0 Å². The van der Waals surface area contributed by atoms with Gasteiger partial charge in [-0.3, -0.25) is 0 Å². The van der Waals surface area contributed by atoms with E-state index in [4.69, 9.17) is 0 Å². The number of allylic oxidation sites excluding steroid dienone is 2. The average Bonchev–Trinajstić information content (AvgIpc) is 3.16. The molecule has 1 nitrogen and oxygen atoms in total. The molecule has 8 rings (SSSR count). The predicted molar refractivity (Wildman–Crippen MR) is 198 cm³/mol. The summed E-state index contributed by atoms with van der Waals surface area (Å²) in [6, 6.07) is 65.6. The van der Waals surface area contributed by atoms with E-state index in [2.05, 4.69) is 199 Å². The highest BCUT2D eigenvalue weighted by atomic mass is 14.9. The van der Waals surface area contributed by atoms with Gasteiger partial charge in [-0.2, -0.15) is 0 Å². The van der Waals surface area contributed by atoms with Gasteiger partial charge in [0.1, 0.15) is 0 Å². The van der Waals surface area contributed by atoms with Crippen molar-refractivity contribution in [2.75, 3.05) is 0 Å². The number of dihydropyridines is 1. The Kier molecular flexibility index (Phi) is 7.79. The van der Waals surface area contributed by atoms with Crippen molar-refractivity contribution in [3.8, 4) is 11.1 Å². The summed E-state index contributed by atoms with van der Waals surface area (Å²) in [6.07, 6.45) is 4.66. The minimum Gasteiger partial charge on any atom is -0.374 e. The molecule has 1 atom stereocenters. The van der Waals surface area contributed by atoms with Gasteiger partial charge >= 0.3 is 0 Å². The molecule has 0 radical (unpaired) electrons. The maximum atomic E-state index is 3.92. The Morgan fingerprint density at radius 1 is 0.426 bits per heavy atom. The van der Waals surface area contributed by atoms with Gasteiger partial charge in [-0.1, -0.05) is 182 Å². The van der Waals surface area contributed by atoms with Gasteiger partial charge in [0.25, 0.3) is 0 Å². The molecule has 224 valence electrons. The van der Waals surface area contributed by atoms with Crippen LogP contribution in [0.5, 0.6) is 0 Å². The molecular weight excluding hydrogens is 567 g/mol. The molecule has 1 aliphatic heterocycles. The van der Waals surface area contributed by atoms with E-state index in [9.17, 15) is 0 Å². The number of rotatable bonds is 7. The Morgan fingerprint density at radius 3 is 1.60 bits per heavy atom. The van der Waals surface area contributed by atoms with Crippen molar-refractivity contribution < 1.29 is 0 Å². The van der Waals surface area contributed by atoms with Gasteiger partial charge in [0.2, 0.25) is 0 Å². The van der Waals surface area contributed by atoms with Crippen LogP contribution < -0.4 is 5.32 Å². The van der Waals surface area contributed by atoms with Crippen LogP contribution in [0.4, 0.5) is 0 Å². The van der Waals surface area contributed by atoms with Gasteiger partial charge in [-0.15, -0.1) is 0 Å².